The van der Waals surface area contributed by atoms with Gasteiger partial charge in [-0.2, -0.15) is 0 Å². The minimum atomic E-state index is -4.69. The summed E-state index contributed by atoms with van der Waals surface area (Å²) >= 11 is 0. The third-order valence-corrected chi connectivity index (χ3v) is 6.87. The first-order valence-electron chi connectivity index (χ1n) is 3.32. The molecule has 0 aromatic rings. The Kier molecular flexibility index (Phi) is 2.29. The van der Waals surface area contributed by atoms with Crippen molar-refractivity contribution < 1.29 is 28.7 Å². The van der Waals surface area contributed by atoms with Crippen LogP contribution in [0.3, 0.4) is 0 Å². The van der Waals surface area contributed by atoms with Gasteiger partial charge >= 0.3 is 15.2 Å². The maximum atomic E-state index is 10.8. The van der Waals surface area contributed by atoms with Crippen LogP contribution >= 0.6 is 15.2 Å². The summed E-state index contributed by atoms with van der Waals surface area (Å²) in [5.74, 6) is 0. The average Bonchev–Trinajstić information content (AvgIpc) is 1.47. The third kappa shape index (κ3) is 1.29. The molecule has 1 saturated carbocycles. The molecule has 0 spiro atoms. The maximum Gasteiger partial charge on any atom is 0.343 e. The number of hydrogen-bond acceptors (Lipinski definition) is 2. The molecule has 0 aliphatic heterocycles. The predicted molar refractivity (Wildman–Crippen MR) is 40.7 cm³/mol. The van der Waals surface area contributed by atoms with Crippen LogP contribution in [0.25, 0.3) is 0 Å². The van der Waals surface area contributed by atoms with Crippen molar-refractivity contribution in [2.45, 2.75) is 24.2 Å². The summed E-state index contributed by atoms with van der Waals surface area (Å²) in [4.78, 5) is 32.9. The standard InChI is InChI=1S/C4H10O6P2/c5-11(6,7)4(2-1-3-4)12(8,9)10/h1-3H2,(H2,5,6,7)(H2,8,9,10). The zero-order chi connectivity index (χ0) is 9.62. The van der Waals surface area contributed by atoms with Gasteiger partial charge in [0.15, 0.2) is 4.90 Å². The van der Waals surface area contributed by atoms with Gasteiger partial charge in [-0.05, 0) is 19.3 Å². The number of rotatable bonds is 2. The fourth-order valence-corrected chi connectivity index (χ4v) is 4.40. The van der Waals surface area contributed by atoms with Crippen LogP contribution in [0.2, 0.25) is 0 Å². The van der Waals surface area contributed by atoms with E-state index in [2.05, 4.69) is 0 Å². The van der Waals surface area contributed by atoms with Crippen LogP contribution in [0.5, 0.6) is 0 Å². The summed E-state index contributed by atoms with van der Waals surface area (Å²) in [5.41, 5.74) is 0. The van der Waals surface area contributed by atoms with Gasteiger partial charge in [-0.25, -0.2) is 0 Å². The molecule has 0 atom stereocenters. The summed E-state index contributed by atoms with van der Waals surface area (Å²) in [6.07, 6.45) is 0.263. The van der Waals surface area contributed by atoms with Gasteiger partial charge in [-0.3, -0.25) is 9.13 Å². The first-order chi connectivity index (χ1) is 5.21. The Hall–Kier alpha value is 0.300. The monoisotopic (exact) mass is 216 g/mol. The minimum Gasteiger partial charge on any atom is -0.324 e. The van der Waals surface area contributed by atoms with Crippen LogP contribution in [-0.4, -0.2) is 24.5 Å². The molecule has 0 saturated heterocycles. The summed E-state index contributed by atoms with van der Waals surface area (Å²) in [7, 11) is -9.37. The Morgan fingerprint density at radius 1 is 0.917 bits per heavy atom. The molecule has 72 valence electrons. The van der Waals surface area contributed by atoms with Crippen molar-refractivity contribution in [1.29, 1.82) is 0 Å². The molecule has 8 heteroatoms. The Morgan fingerprint density at radius 3 is 1.25 bits per heavy atom. The van der Waals surface area contributed by atoms with Crippen molar-refractivity contribution in [3.8, 4) is 0 Å². The van der Waals surface area contributed by atoms with Gasteiger partial charge < -0.3 is 19.6 Å². The van der Waals surface area contributed by atoms with E-state index in [1.165, 1.54) is 0 Å². The van der Waals surface area contributed by atoms with Crippen LogP contribution in [-0.2, 0) is 9.13 Å². The average molecular weight is 216 g/mol. The highest BCUT2D eigenvalue weighted by Crippen LogP contribution is 2.76. The van der Waals surface area contributed by atoms with Crippen LogP contribution in [0.1, 0.15) is 19.3 Å². The van der Waals surface area contributed by atoms with Crippen LogP contribution < -0.4 is 0 Å². The molecule has 12 heavy (non-hydrogen) atoms. The zero-order valence-corrected chi connectivity index (χ0v) is 7.91. The lowest BCUT2D eigenvalue weighted by molar-refractivity contribution is 0.258. The van der Waals surface area contributed by atoms with E-state index in [1.807, 2.05) is 0 Å². The third-order valence-electron chi connectivity index (χ3n) is 2.24. The highest BCUT2D eigenvalue weighted by atomic mass is 31.2. The second kappa shape index (κ2) is 2.64. The van der Waals surface area contributed by atoms with Gasteiger partial charge in [0.05, 0.1) is 0 Å². The van der Waals surface area contributed by atoms with Gasteiger partial charge in [-0.1, -0.05) is 0 Å². The maximum absolute atomic E-state index is 10.8. The summed E-state index contributed by atoms with van der Waals surface area (Å²) < 4.78 is 21.6. The van der Waals surface area contributed by atoms with Gasteiger partial charge in [0.2, 0.25) is 0 Å². The van der Waals surface area contributed by atoms with Crippen LogP contribution in [0.15, 0.2) is 0 Å². The molecule has 1 fully saturated rings. The van der Waals surface area contributed by atoms with Crippen molar-refractivity contribution in [3.63, 3.8) is 0 Å². The topological polar surface area (TPSA) is 115 Å². The molecule has 0 radical (unpaired) electrons. The van der Waals surface area contributed by atoms with Crippen molar-refractivity contribution >= 4 is 15.2 Å². The minimum absolute atomic E-state index is 0.0957. The quantitative estimate of drug-likeness (QED) is 0.491. The van der Waals surface area contributed by atoms with Gasteiger partial charge in [-0.15, -0.1) is 0 Å². The Bertz CT molecular complexity index is 245. The van der Waals surface area contributed by atoms with E-state index in [0.29, 0.717) is 6.42 Å². The van der Waals surface area contributed by atoms with Gasteiger partial charge in [0.1, 0.15) is 0 Å². The largest absolute Gasteiger partial charge is 0.343 e. The number of hydrogen-bond donors (Lipinski definition) is 4. The molecular weight excluding hydrogens is 206 g/mol. The van der Waals surface area contributed by atoms with Crippen molar-refractivity contribution in [2.24, 2.45) is 0 Å². The molecular formula is C4H10O6P2. The molecule has 0 amide bonds. The Balaban J connectivity index is 3.09. The molecule has 4 N–H and O–H groups in total. The second-order valence-corrected chi connectivity index (χ2v) is 7.17. The van der Waals surface area contributed by atoms with Crippen LogP contribution in [0, 0.1) is 0 Å². The van der Waals surface area contributed by atoms with E-state index in [-0.39, 0.29) is 12.8 Å². The summed E-state index contributed by atoms with van der Waals surface area (Å²) in [5, 5.41) is 0. The first-order valence-corrected chi connectivity index (χ1v) is 6.54. The van der Waals surface area contributed by atoms with Gasteiger partial charge in [0, 0.05) is 0 Å². The first kappa shape index (κ1) is 10.4. The highest BCUT2D eigenvalue weighted by molar-refractivity contribution is 7.72. The molecule has 0 bridgehead atoms. The lowest BCUT2D eigenvalue weighted by atomic mass is 9.99. The lowest BCUT2D eigenvalue weighted by Crippen LogP contribution is -2.36. The van der Waals surface area contributed by atoms with Crippen molar-refractivity contribution in [3.05, 3.63) is 0 Å². The molecule has 0 unspecified atom stereocenters. The lowest BCUT2D eigenvalue weighted by Gasteiger charge is -2.41. The normalized spacial score (nSPS) is 23.3. The fourth-order valence-electron chi connectivity index (χ4n) is 1.25. The van der Waals surface area contributed by atoms with E-state index in [0.717, 1.165) is 0 Å². The molecule has 1 aliphatic rings. The molecule has 1 rings (SSSR count). The van der Waals surface area contributed by atoms with E-state index in [9.17, 15) is 9.13 Å². The van der Waals surface area contributed by atoms with E-state index < -0.39 is 20.1 Å². The van der Waals surface area contributed by atoms with E-state index in [4.69, 9.17) is 19.6 Å². The molecule has 0 aromatic carbocycles. The summed E-state index contributed by atoms with van der Waals surface area (Å²) in [6, 6.07) is 0. The molecule has 6 nitrogen and oxygen atoms in total. The fraction of sp³-hybridized carbons (Fsp3) is 1.00. The molecule has 1 aliphatic carbocycles. The SMILES string of the molecule is O=P(O)(O)C1(P(=O)(O)O)CCC1. The smallest absolute Gasteiger partial charge is 0.324 e. The highest BCUT2D eigenvalue weighted by Gasteiger charge is 2.63. The molecule has 0 aromatic heterocycles. The molecule has 0 heterocycles. The van der Waals surface area contributed by atoms with Gasteiger partial charge in [0.25, 0.3) is 0 Å². The van der Waals surface area contributed by atoms with E-state index in [1.54, 1.807) is 0 Å². The Labute approximate surface area is 68.9 Å². The van der Waals surface area contributed by atoms with Crippen LogP contribution in [0.4, 0.5) is 0 Å². The van der Waals surface area contributed by atoms with E-state index >= 15 is 0 Å². The summed E-state index contributed by atoms with van der Waals surface area (Å²) in [6.45, 7) is 0. The zero-order valence-electron chi connectivity index (χ0n) is 6.12. The Morgan fingerprint density at radius 2 is 1.25 bits per heavy atom. The predicted octanol–water partition coefficient (Wildman–Crippen LogP) is 0.222. The second-order valence-electron chi connectivity index (χ2n) is 2.92. The van der Waals surface area contributed by atoms with Crippen molar-refractivity contribution in [1.82, 2.24) is 0 Å². The van der Waals surface area contributed by atoms with Crippen molar-refractivity contribution in [2.75, 3.05) is 0 Å².